The molecule has 1 aromatic carbocycles. The first-order valence-electron chi connectivity index (χ1n) is 6.06. The zero-order valence-electron chi connectivity index (χ0n) is 10.8. The maximum absolute atomic E-state index is 11.5. The summed E-state index contributed by atoms with van der Waals surface area (Å²) in [6.07, 6.45) is 0.120. The summed E-state index contributed by atoms with van der Waals surface area (Å²) in [5.74, 6) is 0.863. The first-order chi connectivity index (χ1) is 8.44. The molecule has 0 radical (unpaired) electrons. The van der Waals surface area contributed by atoms with Crippen molar-refractivity contribution in [2.45, 2.75) is 26.4 Å². The number of sulfone groups is 1. The van der Waals surface area contributed by atoms with Gasteiger partial charge in [-0.25, -0.2) is 8.42 Å². The van der Waals surface area contributed by atoms with Crippen LogP contribution in [0.4, 0.5) is 0 Å². The third-order valence-electron chi connectivity index (χ3n) is 2.54. The molecular weight excluding hydrogens is 252 g/mol. The Morgan fingerprint density at radius 3 is 2.33 bits per heavy atom. The monoisotopic (exact) mass is 272 g/mol. The molecule has 5 heteroatoms. The Hall–Kier alpha value is -1.07. The Balaban J connectivity index is 2.45. The van der Waals surface area contributed by atoms with Crippen molar-refractivity contribution < 1.29 is 18.3 Å². The van der Waals surface area contributed by atoms with Crippen LogP contribution in [0, 0.1) is 0 Å². The lowest BCUT2D eigenvalue weighted by molar-refractivity contribution is 0.199. The lowest BCUT2D eigenvalue weighted by Crippen LogP contribution is -2.16. The molecule has 1 atom stereocenters. The smallest absolute Gasteiger partial charge is 0.153 e. The molecule has 0 unspecified atom stereocenters. The summed E-state index contributed by atoms with van der Waals surface area (Å²) in [4.78, 5) is 0. The predicted molar refractivity (Wildman–Crippen MR) is 71.5 cm³/mol. The van der Waals surface area contributed by atoms with Gasteiger partial charge in [0, 0.05) is 0 Å². The van der Waals surface area contributed by atoms with E-state index < -0.39 is 15.9 Å². The zero-order chi connectivity index (χ0) is 13.6. The summed E-state index contributed by atoms with van der Waals surface area (Å²) in [5.41, 5.74) is 0.806. The first kappa shape index (κ1) is 15.0. The Morgan fingerprint density at radius 2 is 1.83 bits per heavy atom. The zero-order valence-corrected chi connectivity index (χ0v) is 11.6. The molecule has 0 aromatic heterocycles. The van der Waals surface area contributed by atoms with E-state index in [2.05, 4.69) is 0 Å². The number of aliphatic hydroxyl groups excluding tert-OH is 1. The Morgan fingerprint density at radius 1 is 1.22 bits per heavy atom. The van der Waals surface area contributed by atoms with Crippen molar-refractivity contribution in [2.75, 3.05) is 18.1 Å². The van der Waals surface area contributed by atoms with Crippen LogP contribution in [0.2, 0.25) is 0 Å². The van der Waals surface area contributed by atoms with Gasteiger partial charge in [-0.3, -0.25) is 0 Å². The fourth-order valence-corrected chi connectivity index (χ4v) is 2.71. The minimum atomic E-state index is -2.99. The summed E-state index contributed by atoms with van der Waals surface area (Å²) >= 11 is 0. The molecule has 0 spiro atoms. The fraction of sp³-hybridized carbons (Fsp3) is 0.538. The molecule has 0 aliphatic rings. The van der Waals surface area contributed by atoms with Gasteiger partial charge in [0.2, 0.25) is 0 Å². The molecule has 0 saturated carbocycles. The third-order valence-corrected chi connectivity index (χ3v) is 4.36. The van der Waals surface area contributed by atoms with E-state index in [0.717, 1.165) is 5.56 Å². The van der Waals surface area contributed by atoms with Crippen LogP contribution < -0.4 is 4.74 Å². The van der Waals surface area contributed by atoms with Crippen molar-refractivity contribution in [3.63, 3.8) is 0 Å². The average Bonchev–Trinajstić information content (AvgIpc) is 2.29. The average molecular weight is 272 g/mol. The largest absolute Gasteiger partial charge is 0.493 e. The van der Waals surface area contributed by atoms with Gasteiger partial charge in [-0.1, -0.05) is 19.1 Å². The fourth-order valence-electron chi connectivity index (χ4n) is 1.54. The van der Waals surface area contributed by atoms with Crippen LogP contribution >= 0.6 is 0 Å². The standard InChI is InChI=1S/C13H20O4S/c1-3-9-18(15,16)10-8-17-13-6-4-12(5-7-13)11(2)14/h4-7,11,14H,3,8-10H2,1-2H3/t11-/m0/s1. The number of rotatable bonds is 7. The van der Waals surface area contributed by atoms with Crippen molar-refractivity contribution in [2.24, 2.45) is 0 Å². The molecule has 0 heterocycles. The van der Waals surface area contributed by atoms with Gasteiger partial charge in [0.25, 0.3) is 0 Å². The van der Waals surface area contributed by atoms with Crippen LogP contribution in [-0.2, 0) is 9.84 Å². The Bertz CT molecular complexity index is 448. The highest BCUT2D eigenvalue weighted by atomic mass is 32.2. The van der Waals surface area contributed by atoms with Crippen LogP contribution in [0.25, 0.3) is 0 Å². The molecule has 4 nitrogen and oxygen atoms in total. The van der Waals surface area contributed by atoms with E-state index in [1.807, 2.05) is 6.92 Å². The third kappa shape index (κ3) is 5.06. The summed E-state index contributed by atoms with van der Waals surface area (Å²) in [5, 5.41) is 9.34. The van der Waals surface area contributed by atoms with Gasteiger partial charge in [0.05, 0.1) is 17.6 Å². The second-order valence-electron chi connectivity index (χ2n) is 4.25. The summed E-state index contributed by atoms with van der Waals surface area (Å²) in [7, 11) is -2.99. The Labute approximate surface area is 109 Å². The molecule has 1 N–H and O–H groups in total. The second-order valence-corrected chi connectivity index (χ2v) is 6.55. The maximum Gasteiger partial charge on any atom is 0.153 e. The minimum Gasteiger partial charge on any atom is -0.493 e. The molecule has 1 rings (SSSR count). The molecule has 0 bridgehead atoms. The number of aliphatic hydroxyl groups is 1. The van der Waals surface area contributed by atoms with E-state index in [4.69, 9.17) is 4.74 Å². The highest BCUT2D eigenvalue weighted by Crippen LogP contribution is 2.17. The van der Waals surface area contributed by atoms with E-state index in [-0.39, 0.29) is 18.1 Å². The van der Waals surface area contributed by atoms with Crippen LogP contribution in [0.3, 0.4) is 0 Å². The molecule has 0 aliphatic heterocycles. The molecule has 102 valence electrons. The van der Waals surface area contributed by atoms with E-state index in [1.54, 1.807) is 31.2 Å². The van der Waals surface area contributed by atoms with Crippen molar-refractivity contribution in [1.29, 1.82) is 0 Å². The highest BCUT2D eigenvalue weighted by molar-refractivity contribution is 7.91. The van der Waals surface area contributed by atoms with E-state index in [0.29, 0.717) is 12.2 Å². The first-order valence-corrected chi connectivity index (χ1v) is 7.88. The van der Waals surface area contributed by atoms with Crippen molar-refractivity contribution >= 4 is 9.84 Å². The van der Waals surface area contributed by atoms with E-state index in [9.17, 15) is 13.5 Å². The SMILES string of the molecule is CCCS(=O)(=O)CCOc1ccc([C@H](C)O)cc1. The molecule has 0 saturated heterocycles. The predicted octanol–water partition coefficient (Wildman–Crippen LogP) is 1.94. The summed E-state index contributed by atoms with van der Waals surface area (Å²) in [6, 6.07) is 6.99. The minimum absolute atomic E-state index is 0.0407. The summed E-state index contributed by atoms with van der Waals surface area (Å²) < 4.78 is 28.3. The van der Waals surface area contributed by atoms with Gasteiger partial charge < -0.3 is 9.84 Å². The number of hydrogen-bond donors (Lipinski definition) is 1. The molecule has 0 aliphatic carbocycles. The molecule has 0 amide bonds. The van der Waals surface area contributed by atoms with Gasteiger partial charge in [-0.2, -0.15) is 0 Å². The van der Waals surface area contributed by atoms with Crippen molar-refractivity contribution in [1.82, 2.24) is 0 Å². The van der Waals surface area contributed by atoms with Gasteiger partial charge >= 0.3 is 0 Å². The van der Waals surface area contributed by atoms with Crippen LogP contribution in [0.15, 0.2) is 24.3 Å². The van der Waals surface area contributed by atoms with Gasteiger partial charge in [0.15, 0.2) is 9.84 Å². The van der Waals surface area contributed by atoms with Crippen molar-refractivity contribution in [3.05, 3.63) is 29.8 Å². The quantitative estimate of drug-likeness (QED) is 0.824. The lowest BCUT2D eigenvalue weighted by atomic mass is 10.1. The number of ether oxygens (including phenoxy) is 1. The summed E-state index contributed by atoms with van der Waals surface area (Å²) in [6.45, 7) is 3.69. The van der Waals surface area contributed by atoms with Crippen LogP contribution in [-0.4, -0.2) is 31.6 Å². The van der Waals surface area contributed by atoms with Gasteiger partial charge in [0.1, 0.15) is 12.4 Å². The van der Waals surface area contributed by atoms with Gasteiger partial charge in [-0.05, 0) is 31.0 Å². The molecule has 18 heavy (non-hydrogen) atoms. The maximum atomic E-state index is 11.5. The molecule has 0 fully saturated rings. The Kier molecular flexibility index (Phi) is 5.62. The van der Waals surface area contributed by atoms with E-state index in [1.165, 1.54) is 0 Å². The number of benzene rings is 1. The van der Waals surface area contributed by atoms with Gasteiger partial charge in [-0.15, -0.1) is 0 Å². The molecular formula is C13H20O4S. The normalized spacial score (nSPS) is 13.3. The van der Waals surface area contributed by atoms with Crippen LogP contribution in [0.5, 0.6) is 5.75 Å². The second kappa shape index (κ2) is 6.75. The molecule has 1 aromatic rings. The van der Waals surface area contributed by atoms with Crippen molar-refractivity contribution in [3.8, 4) is 5.75 Å². The van der Waals surface area contributed by atoms with Crippen LogP contribution in [0.1, 0.15) is 31.9 Å². The topological polar surface area (TPSA) is 63.6 Å². The highest BCUT2D eigenvalue weighted by Gasteiger charge is 2.09. The lowest BCUT2D eigenvalue weighted by Gasteiger charge is -2.08. The number of hydrogen-bond acceptors (Lipinski definition) is 4. The van der Waals surface area contributed by atoms with E-state index >= 15 is 0 Å².